The largest absolute Gasteiger partial charge is 0.468 e. The number of halogens is 1. The van der Waals surface area contributed by atoms with Gasteiger partial charge in [-0.25, -0.2) is 0 Å². The molecule has 92 valence electrons. The highest BCUT2D eigenvalue weighted by Crippen LogP contribution is 2.22. The lowest BCUT2D eigenvalue weighted by Gasteiger charge is -2.26. The van der Waals surface area contributed by atoms with Gasteiger partial charge in [-0.05, 0) is 23.8 Å². The molecule has 1 aromatic carbocycles. The zero-order valence-electron chi connectivity index (χ0n) is 9.73. The first kappa shape index (κ1) is 11.4. The van der Waals surface area contributed by atoms with Crippen molar-refractivity contribution in [3.8, 4) is 0 Å². The molecule has 0 saturated carbocycles. The molecule has 0 spiro atoms. The fraction of sp³-hybridized carbons (Fsp3) is 0.214. The molecule has 1 aromatic heterocycles. The first-order valence-corrected chi connectivity index (χ1v) is 6.22. The van der Waals surface area contributed by atoms with Crippen molar-refractivity contribution >= 4 is 17.5 Å². The van der Waals surface area contributed by atoms with Gasteiger partial charge in [0.1, 0.15) is 5.76 Å². The van der Waals surface area contributed by atoms with Gasteiger partial charge in [0, 0.05) is 24.5 Å². The minimum absolute atomic E-state index is 0.0324. The Morgan fingerprint density at radius 2 is 2.22 bits per heavy atom. The van der Waals surface area contributed by atoms with Gasteiger partial charge in [0.25, 0.3) is 5.91 Å². The van der Waals surface area contributed by atoms with Crippen LogP contribution in [0.4, 0.5) is 0 Å². The van der Waals surface area contributed by atoms with Crippen LogP contribution < -0.4 is 0 Å². The fourth-order valence-corrected chi connectivity index (χ4v) is 2.45. The second kappa shape index (κ2) is 4.50. The number of nitrogens with zero attached hydrogens (tertiary/aromatic N) is 1. The average molecular weight is 262 g/mol. The molecule has 2 aromatic rings. The highest BCUT2D eigenvalue weighted by Gasteiger charge is 2.26. The van der Waals surface area contributed by atoms with Crippen LogP contribution in [0.1, 0.15) is 21.7 Å². The number of amides is 1. The Hall–Kier alpha value is -1.74. The summed E-state index contributed by atoms with van der Waals surface area (Å²) < 4.78 is 5.28. The number of hydrogen-bond donors (Lipinski definition) is 0. The van der Waals surface area contributed by atoms with Gasteiger partial charge in [0.05, 0.1) is 11.8 Å². The zero-order chi connectivity index (χ0) is 12.5. The van der Waals surface area contributed by atoms with Crippen molar-refractivity contribution in [3.05, 3.63) is 58.5 Å². The van der Waals surface area contributed by atoms with E-state index in [2.05, 4.69) is 0 Å². The van der Waals surface area contributed by atoms with E-state index in [1.54, 1.807) is 12.3 Å². The minimum Gasteiger partial charge on any atom is -0.468 e. The highest BCUT2D eigenvalue weighted by molar-refractivity contribution is 6.30. The summed E-state index contributed by atoms with van der Waals surface area (Å²) in [6, 6.07) is 9.33. The summed E-state index contributed by atoms with van der Waals surface area (Å²) in [4.78, 5) is 14.0. The predicted octanol–water partition coefficient (Wildman–Crippen LogP) is 3.13. The van der Waals surface area contributed by atoms with Crippen LogP contribution in [-0.4, -0.2) is 17.4 Å². The Balaban J connectivity index is 1.81. The number of hydrogen-bond acceptors (Lipinski definition) is 2. The molecule has 0 aliphatic carbocycles. The maximum atomic E-state index is 12.2. The van der Waals surface area contributed by atoms with E-state index in [-0.39, 0.29) is 5.91 Å². The van der Waals surface area contributed by atoms with Crippen LogP contribution in [0.15, 0.2) is 41.0 Å². The number of fused-ring (bicyclic) bond motifs is 1. The molecule has 0 fully saturated rings. The van der Waals surface area contributed by atoms with Crippen molar-refractivity contribution < 1.29 is 9.21 Å². The van der Waals surface area contributed by atoms with Gasteiger partial charge in [0.15, 0.2) is 0 Å². The molecule has 0 bridgehead atoms. The summed E-state index contributed by atoms with van der Waals surface area (Å²) in [7, 11) is 0. The van der Waals surface area contributed by atoms with Crippen LogP contribution in [0.2, 0.25) is 5.02 Å². The van der Waals surface area contributed by atoms with Crippen LogP contribution in [-0.2, 0) is 13.0 Å². The summed E-state index contributed by atoms with van der Waals surface area (Å²) in [5, 5.41) is 0.695. The Morgan fingerprint density at radius 1 is 1.33 bits per heavy atom. The maximum absolute atomic E-state index is 12.2. The standard InChI is InChI=1S/C14H12ClNO2/c15-11-3-1-2-10(8-11)9-16-6-4-13-12(14(16)17)5-7-18-13/h1-3,5,7-8H,4,6,9H2. The number of furan rings is 1. The van der Waals surface area contributed by atoms with Crippen LogP contribution >= 0.6 is 11.6 Å². The topological polar surface area (TPSA) is 33.5 Å². The first-order chi connectivity index (χ1) is 8.74. The van der Waals surface area contributed by atoms with E-state index in [0.717, 1.165) is 17.7 Å². The van der Waals surface area contributed by atoms with Gasteiger partial charge in [-0.15, -0.1) is 0 Å². The number of carbonyl (C=O) groups excluding carboxylic acids is 1. The number of carbonyl (C=O) groups is 1. The molecular formula is C14H12ClNO2. The molecular weight excluding hydrogens is 250 g/mol. The summed E-state index contributed by atoms with van der Waals surface area (Å²) in [6.45, 7) is 1.27. The van der Waals surface area contributed by atoms with Crippen molar-refractivity contribution in [2.75, 3.05) is 6.54 Å². The van der Waals surface area contributed by atoms with Gasteiger partial charge in [-0.2, -0.15) is 0 Å². The maximum Gasteiger partial charge on any atom is 0.257 e. The summed E-state index contributed by atoms with van der Waals surface area (Å²) in [5.74, 6) is 0.826. The SMILES string of the molecule is O=C1c2ccoc2CCN1Cc1cccc(Cl)c1. The lowest BCUT2D eigenvalue weighted by atomic mass is 10.1. The second-order valence-corrected chi connectivity index (χ2v) is 4.80. The summed E-state index contributed by atoms with van der Waals surface area (Å²) in [6.07, 6.45) is 2.35. The summed E-state index contributed by atoms with van der Waals surface area (Å²) >= 11 is 5.94. The van der Waals surface area contributed by atoms with Gasteiger partial charge in [-0.3, -0.25) is 4.79 Å². The van der Waals surface area contributed by atoms with E-state index in [4.69, 9.17) is 16.0 Å². The molecule has 1 aliphatic rings. The van der Waals surface area contributed by atoms with E-state index < -0.39 is 0 Å². The zero-order valence-corrected chi connectivity index (χ0v) is 10.5. The lowest BCUT2D eigenvalue weighted by molar-refractivity contribution is 0.0720. The van der Waals surface area contributed by atoms with E-state index in [9.17, 15) is 4.79 Å². The molecule has 0 radical (unpaired) electrons. The molecule has 0 unspecified atom stereocenters. The van der Waals surface area contributed by atoms with Crippen LogP contribution in [0.25, 0.3) is 0 Å². The third-order valence-corrected chi connectivity index (χ3v) is 3.37. The molecule has 2 heterocycles. The third-order valence-electron chi connectivity index (χ3n) is 3.13. The first-order valence-electron chi connectivity index (χ1n) is 5.84. The predicted molar refractivity (Wildman–Crippen MR) is 68.6 cm³/mol. The van der Waals surface area contributed by atoms with E-state index in [1.165, 1.54) is 0 Å². The number of rotatable bonds is 2. The second-order valence-electron chi connectivity index (χ2n) is 4.36. The van der Waals surface area contributed by atoms with Crippen molar-refractivity contribution in [1.29, 1.82) is 0 Å². The smallest absolute Gasteiger partial charge is 0.257 e. The van der Waals surface area contributed by atoms with Crippen molar-refractivity contribution in [2.45, 2.75) is 13.0 Å². The average Bonchev–Trinajstić information content (AvgIpc) is 2.82. The monoisotopic (exact) mass is 261 g/mol. The van der Waals surface area contributed by atoms with Crippen LogP contribution in [0.5, 0.6) is 0 Å². The molecule has 0 N–H and O–H groups in total. The fourth-order valence-electron chi connectivity index (χ4n) is 2.24. The minimum atomic E-state index is 0.0324. The Morgan fingerprint density at radius 3 is 3.06 bits per heavy atom. The molecule has 18 heavy (non-hydrogen) atoms. The molecule has 1 aliphatic heterocycles. The molecule has 3 rings (SSSR count). The molecule has 4 heteroatoms. The molecule has 0 saturated heterocycles. The van der Waals surface area contributed by atoms with Crippen LogP contribution in [0.3, 0.4) is 0 Å². The van der Waals surface area contributed by atoms with E-state index >= 15 is 0 Å². The third kappa shape index (κ3) is 2.02. The van der Waals surface area contributed by atoms with E-state index in [1.807, 2.05) is 29.2 Å². The summed E-state index contributed by atoms with van der Waals surface area (Å²) in [5.41, 5.74) is 1.73. The van der Waals surface area contributed by atoms with Gasteiger partial charge < -0.3 is 9.32 Å². The molecule has 3 nitrogen and oxygen atoms in total. The molecule has 1 amide bonds. The Labute approximate surface area is 110 Å². The van der Waals surface area contributed by atoms with Gasteiger partial charge >= 0.3 is 0 Å². The van der Waals surface area contributed by atoms with Gasteiger partial charge in [-0.1, -0.05) is 23.7 Å². The lowest BCUT2D eigenvalue weighted by Crippen LogP contribution is -2.36. The highest BCUT2D eigenvalue weighted by atomic mass is 35.5. The molecule has 0 atom stereocenters. The number of benzene rings is 1. The van der Waals surface area contributed by atoms with E-state index in [0.29, 0.717) is 23.7 Å². The van der Waals surface area contributed by atoms with Crippen LogP contribution in [0, 0.1) is 0 Å². The Kier molecular flexibility index (Phi) is 2.84. The van der Waals surface area contributed by atoms with Gasteiger partial charge in [0.2, 0.25) is 0 Å². The van der Waals surface area contributed by atoms with Crippen molar-refractivity contribution in [3.63, 3.8) is 0 Å². The van der Waals surface area contributed by atoms with Crippen molar-refractivity contribution in [2.24, 2.45) is 0 Å². The Bertz CT molecular complexity index is 591. The quantitative estimate of drug-likeness (QED) is 0.832. The van der Waals surface area contributed by atoms with Crippen molar-refractivity contribution in [1.82, 2.24) is 4.90 Å². The normalized spacial score (nSPS) is 14.7.